The molecule has 0 atom stereocenters. The van der Waals surface area contributed by atoms with Gasteiger partial charge in [0.2, 0.25) is 0 Å². The Kier molecular flexibility index (Phi) is 5.12. The number of para-hydroxylation sites is 1. The highest BCUT2D eigenvalue weighted by Gasteiger charge is 2.13. The van der Waals surface area contributed by atoms with Gasteiger partial charge < -0.3 is 19.4 Å². The highest BCUT2D eigenvalue weighted by molar-refractivity contribution is 5.91. The molecule has 2 heterocycles. The zero-order chi connectivity index (χ0) is 19.5. The number of ether oxygens (including phenoxy) is 1. The summed E-state index contributed by atoms with van der Waals surface area (Å²) in [6.07, 6.45) is 1.03. The second kappa shape index (κ2) is 7.86. The first-order valence-corrected chi connectivity index (χ1v) is 9.37. The molecule has 0 spiro atoms. The highest BCUT2D eigenvalue weighted by Crippen LogP contribution is 2.31. The van der Waals surface area contributed by atoms with Crippen molar-refractivity contribution in [2.45, 2.75) is 6.42 Å². The molecule has 0 aliphatic heterocycles. The van der Waals surface area contributed by atoms with Gasteiger partial charge in [0.1, 0.15) is 17.2 Å². The second-order valence-corrected chi connectivity index (χ2v) is 7.01. The van der Waals surface area contributed by atoms with Crippen molar-refractivity contribution in [2.24, 2.45) is 0 Å². The normalized spacial score (nSPS) is 11.4. The first-order chi connectivity index (χ1) is 13.6. The van der Waals surface area contributed by atoms with E-state index in [0.29, 0.717) is 11.6 Å². The number of furan rings is 1. The minimum absolute atomic E-state index is 0.573. The number of benzene rings is 2. The number of rotatable bonds is 7. The van der Waals surface area contributed by atoms with E-state index in [1.165, 1.54) is 0 Å². The third-order valence-corrected chi connectivity index (χ3v) is 4.63. The molecule has 4 aromatic rings. The lowest BCUT2D eigenvalue weighted by Crippen LogP contribution is -2.16. The summed E-state index contributed by atoms with van der Waals surface area (Å²) in [6.45, 7) is 1.87. The molecule has 28 heavy (non-hydrogen) atoms. The fourth-order valence-corrected chi connectivity index (χ4v) is 3.17. The van der Waals surface area contributed by atoms with E-state index < -0.39 is 0 Å². The van der Waals surface area contributed by atoms with Crippen LogP contribution in [0.4, 0.5) is 5.82 Å². The lowest BCUT2D eigenvalue weighted by Gasteiger charge is -2.12. The van der Waals surface area contributed by atoms with E-state index >= 15 is 0 Å². The van der Waals surface area contributed by atoms with Crippen LogP contribution in [0.25, 0.3) is 33.5 Å². The van der Waals surface area contributed by atoms with E-state index in [1.807, 2.05) is 48.5 Å². The molecule has 0 unspecified atom stereocenters. The predicted octanol–water partition coefficient (Wildman–Crippen LogP) is 4.42. The summed E-state index contributed by atoms with van der Waals surface area (Å²) in [7, 11) is 5.80. The van der Waals surface area contributed by atoms with Crippen LogP contribution in [0.2, 0.25) is 0 Å². The summed E-state index contributed by atoms with van der Waals surface area (Å²) in [6, 6.07) is 15.8. The molecule has 0 fully saturated rings. The number of nitrogens with zero attached hydrogens (tertiary/aromatic N) is 3. The zero-order valence-electron chi connectivity index (χ0n) is 16.4. The number of methoxy groups -OCH3 is 1. The highest BCUT2D eigenvalue weighted by atomic mass is 16.5. The summed E-state index contributed by atoms with van der Waals surface area (Å²) in [4.78, 5) is 11.7. The maximum Gasteiger partial charge on any atom is 0.198 e. The fraction of sp³-hybridized carbons (Fsp3) is 0.273. The fourth-order valence-electron chi connectivity index (χ4n) is 3.17. The van der Waals surface area contributed by atoms with Crippen LogP contribution in [-0.2, 0) is 0 Å². The lowest BCUT2D eigenvalue weighted by molar-refractivity contribution is 0.405. The Morgan fingerprint density at radius 1 is 1.07 bits per heavy atom. The summed E-state index contributed by atoms with van der Waals surface area (Å²) in [5, 5.41) is 5.47. The molecule has 0 bridgehead atoms. The first kappa shape index (κ1) is 18.3. The third-order valence-electron chi connectivity index (χ3n) is 4.63. The van der Waals surface area contributed by atoms with Crippen LogP contribution in [0.5, 0.6) is 5.75 Å². The molecule has 4 rings (SSSR count). The van der Waals surface area contributed by atoms with Crippen LogP contribution in [0.15, 0.2) is 52.9 Å². The van der Waals surface area contributed by atoms with Crippen molar-refractivity contribution >= 4 is 27.7 Å². The maximum atomic E-state index is 6.02. The number of aromatic nitrogens is 2. The van der Waals surface area contributed by atoms with Crippen LogP contribution in [0, 0.1) is 0 Å². The molecule has 0 aliphatic carbocycles. The standard InChI is InChI=1S/C22H24N4O2/c1-26(2)12-6-11-23-21-17-7-4-5-8-18(17)24-22(25-21)20-13-15-9-10-16(27-3)14-19(15)28-20/h4-5,7-10,13-14H,6,11-12H2,1-3H3,(H,23,24,25). The molecule has 2 aromatic heterocycles. The Morgan fingerprint density at radius 2 is 1.93 bits per heavy atom. The second-order valence-electron chi connectivity index (χ2n) is 7.01. The quantitative estimate of drug-likeness (QED) is 0.482. The Hall–Kier alpha value is -3.12. The van der Waals surface area contributed by atoms with E-state index in [4.69, 9.17) is 19.1 Å². The smallest absolute Gasteiger partial charge is 0.198 e. The molecule has 0 radical (unpaired) electrons. The van der Waals surface area contributed by atoms with Gasteiger partial charge in [-0.3, -0.25) is 0 Å². The number of nitrogens with one attached hydrogen (secondary N) is 1. The zero-order valence-corrected chi connectivity index (χ0v) is 16.4. The van der Waals surface area contributed by atoms with Gasteiger partial charge in [-0.25, -0.2) is 9.97 Å². The third kappa shape index (κ3) is 3.77. The summed E-state index contributed by atoms with van der Waals surface area (Å²) in [5.74, 6) is 2.81. The average Bonchev–Trinajstić information content (AvgIpc) is 3.14. The van der Waals surface area contributed by atoms with Crippen LogP contribution < -0.4 is 10.1 Å². The SMILES string of the molecule is COc1ccc2cc(-c3nc(NCCCN(C)C)c4ccccc4n3)oc2c1. The van der Waals surface area contributed by atoms with Crippen molar-refractivity contribution in [1.29, 1.82) is 0 Å². The molecule has 6 nitrogen and oxygen atoms in total. The summed E-state index contributed by atoms with van der Waals surface area (Å²) < 4.78 is 11.3. The monoisotopic (exact) mass is 376 g/mol. The van der Waals surface area contributed by atoms with Gasteiger partial charge in [0.25, 0.3) is 0 Å². The van der Waals surface area contributed by atoms with Crippen LogP contribution in [0.3, 0.4) is 0 Å². The average molecular weight is 376 g/mol. The number of hydrogen-bond donors (Lipinski definition) is 1. The molecule has 0 aliphatic rings. The molecule has 0 saturated heterocycles. The number of hydrogen-bond acceptors (Lipinski definition) is 6. The Labute approximate surface area is 164 Å². The molecular formula is C22H24N4O2. The number of fused-ring (bicyclic) bond motifs is 2. The van der Waals surface area contributed by atoms with Crippen molar-refractivity contribution in [3.8, 4) is 17.3 Å². The lowest BCUT2D eigenvalue weighted by atomic mass is 10.2. The topological polar surface area (TPSA) is 63.4 Å². The van der Waals surface area contributed by atoms with Gasteiger partial charge in [-0.1, -0.05) is 12.1 Å². The van der Waals surface area contributed by atoms with Gasteiger partial charge in [-0.05, 0) is 57.4 Å². The molecular weight excluding hydrogens is 352 g/mol. The molecule has 0 amide bonds. The van der Waals surface area contributed by atoms with Gasteiger partial charge in [-0.15, -0.1) is 0 Å². The van der Waals surface area contributed by atoms with Gasteiger partial charge in [-0.2, -0.15) is 0 Å². The van der Waals surface area contributed by atoms with Gasteiger partial charge in [0.15, 0.2) is 11.6 Å². The van der Waals surface area contributed by atoms with Crippen LogP contribution in [0.1, 0.15) is 6.42 Å². The van der Waals surface area contributed by atoms with Gasteiger partial charge in [0, 0.05) is 23.4 Å². The van der Waals surface area contributed by atoms with Crippen molar-refractivity contribution < 1.29 is 9.15 Å². The van der Waals surface area contributed by atoms with Crippen molar-refractivity contribution in [3.05, 3.63) is 48.5 Å². The minimum Gasteiger partial charge on any atom is -0.497 e. The van der Waals surface area contributed by atoms with Gasteiger partial charge >= 0.3 is 0 Å². The van der Waals surface area contributed by atoms with E-state index in [1.54, 1.807) is 7.11 Å². The molecule has 6 heteroatoms. The van der Waals surface area contributed by atoms with E-state index in [2.05, 4.69) is 24.3 Å². The molecule has 144 valence electrons. The molecule has 1 N–H and O–H groups in total. The predicted molar refractivity (Wildman–Crippen MR) is 113 cm³/mol. The molecule has 2 aromatic carbocycles. The first-order valence-electron chi connectivity index (χ1n) is 9.37. The Bertz CT molecular complexity index is 1100. The van der Waals surface area contributed by atoms with Crippen molar-refractivity contribution in [2.75, 3.05) is 39.6 Å². The van der Waals surface area contributed by atoms with Crippen LogP contribution >= 0.6 is 0 Å². The minimum atomic E-state index is 0.573. The van der Waals surface area contributed by atoms with Crippen molar-refractivity contribution in [1.82, 2.24) is 14.9 Å². The summed E-state index contributed by atoms with van der Waals surface area (Å²) in [5.41, 5.74) is 1.65. The number of anilines is 1. The van der Waals surface area contributed by atoms with Crippen LogP contribution in [-0.4, -0.2) is 49.2 Å². The van der Waals surface area contributed by atoms with E-state index in [0.717, 1.165) is 52.9 Å². The van der Waals surface area contributed by atoms with E-state index in [9.17, 15) is 0 Å². The Morgan fingerprint density at radius 3 is 2.75 bits per heavy atom. The van der Waals surface area contributed by atoms with Gasteiger partial charge in [0.05, 0.1) is 12.6 Å². The molecule has 0 saturated carbocycles. The Balaban J connectivity index is 1.70. The largest absolute Gasteiger partial charge is 0.497 e. The van der Waals surface area contributed by atoms with Crippen molar-refractivity contribution in [3.63, 3.8) is 0 Å². The summed E-state index contributed by atoms with van der Waals surface area (Å²) >= 11 is 0. The maximum absolute atomic E-state index is 6.02. The van der Waals surface area contributed by atoms with E-state index in [-0.39, 0.29) is 0 Å².